The van der Waals surface area contributed by atoms with Gasteiger partial charge in [-0.3, -0.25) is 9.59 Å². The summed E-state index contributed by atoms with van der Waals surface area (Å²) < 4.78 is 0. The van der Waals surface area contributed by atoms with E-state index in [1.807, 2.05) is 0 Å². The number of hydrogen-bond donors (Lipinski definition) is 7. The highest BCUT2D eigenvalue weighted by Gasteiger charge is 2.17. The zero-order valence-corrected chi connectivity index (χ0v) is 18.3. The second-order valence-corrected chi connectivity index (χ2v) is 6.96. The summed E-state index contributed by atoms with van der Waals surface area (Å²) in [6.07, 6.45) is 0.0509. The van der Waals surface area contributed by atoms with Crippen molar-refractivity contribution in [2.24, 2.45) is 0 Å². The number of carbonyl (C=O) groups is 1. The summed E-state index contributed by atoms with van der Waals surface area (Å²) in [6, 6.07) is 5.99. The van der Waals surface area contributed by atoms with E-state index in [0.29, 0.717) is 34.8 Å². The minimum atomic E-state index is -1.67. The van der Waals surface area contributed by atoms with Crippen LogP contribution in [0.5, 0.6) is 0 Å². The van der Waals surface area contributed by atoms with Crippen LogP contribution in [0.2, 0.25) is 0 Å². The number of benzene rings is 1. The van der Waals surface area contributed by atoms with Crippen molar-refractivity contribution in [1.82, 2.24) is 15.6 Å². The third-order valence-corrected chi connectivity index (χ3v) is 4.67. The molecule has 0 aliphatic heterocycles. The molecule has 10 heteroatoms. The van der Waals surface area contributed by atoms with Gasteiger partial charge in [0.05, 0.1) is 18.0 Å². The number of aliphatic hydroxyl groups is 3. The van der Waals surface area contributed by atoms with Crippen LogP contribution in [-0.4, -0.2) is 46.4 Å². The van der Waals surface area contributed by atoms with Gasteiger partial charge in [-0.15, -0.1) is 9.24 Å². The fourth-order valence-corrected chi connectivity index (χ4v) is 3.07. The van der Waals surface area contributed by atoms with Gasteiger partial charge in [0.1, 0.15) is 5.56 Å². The molecule has 0 bridgehead atoms. The van der Waals surface area contributed by atoms with Crippen molar-refractivity contribution in [3.8, 4) is 0 Å². The lowest BCUT2D eigenvalue weighted by atomic mass is 10.1. The van der Waals surface area contributed by atoms with Crippen LogP contribution >= 0.6 is 9.24 Å². The minimum Gasteiger partial charge on any atom is -0.395 e. The Morgan fingerprint density at radius 2 is 2.06 bits per heavy atom. The number of hydrogen-bond acceptors (Lipinski definition) is 7. The average Bonchev–Trinajstić information content (AvgIpc) is 2.75. The first-order chi connectivity index (χ1) is 14.8. The van der Waals surface area contributed by atoms with Gasteiger partial charge >= 0.3 is 0 Å². The van der Waals surface area contributed by atoms with Crippen LogP contribution in [0.1, 0.15) is 39.0 Å². The minimum absolute atomic E-state index is 0.0738. The molecule has 0 saturated heterocycles. The van der Waals surface area contributed by atoms with Crippen LogP contribution in [0, 0.1) is 0 Å². The van der Waals surface area contributed by atoms with E-state index < -0.39 is 17.8 Å². The second kappa shape index (κ2) is 11.5. The van der Waals surface area contributed by atoms with Crippen LogP contribution < -0.4 is 21.5 Å². The third kappa shape index (κ3) is 6.33. The summed E-state index contributed by atoms with van der Waals surface area (Å²) in [5.41, 5.74) is 2.11. The lowest BCUT2D eigenvalue weighted by molar-refractivity contribution is -0.0425. The number of rotatable bonds is 10. The van der Waals surface area contributed by atoms with Gasteiger partial charge in [-0.2, -0.15) is 0 Å². The highest BCUT2D eigenvalue weighted by molar-refractivity contribution is 7.21. The maximum absolute atomic E-state index is 12.9. The maximum Gasteiger partial charge on any atom is 0.261 e. The van der Waals surface area contributed by atoms with Crippen LogP contribution in [0.4, 0.5) is 5.69 Å². The smallest absolute Gasteiger partial charge is 0.261 e. The average molecular weight is 446 g/mol. The summed E-state index contributed by atoms with van der Waals surface area (Å²) in [4.78, 5) is 28.1. The fraction of sp³-hybridized carbons (Fsp3) is 0.238. The van der Waals surface area contributed by atoms with E-state index in [4.69, 9.17) is 5.11 Å². The Labute approximate surface area is 182 Å². The summed E-state index contributed by atoms with van der Waals surface area (Å²) in [6.45, 7) is 4.36. The standard InChI is InChI=1S/C21H27N4O5P/c1-12(22-2)18-13(5-8-31)10-16(20(28)25-18)19(27)24-17-4-3-14(21(29)30)9-15(17)11-23-6-7-26/h3-5,8-10,21-23,26,29-30H,1,6-7,11,31H2,2H3,(H,24,27)(H,25,28)/b8-5+. The van der Waals surface area contributed by atoms with Crippen molar-refractivity contribution < 1.29 is 20.1 Å². The van der Waals surface area contributed by atoms with Crippen LogP contribution in [0.3, 0.4) is 0 Å². The molecular formula is C21H27N4O5P. The molecule has 1 aromatic carbocycles. The molecule has 0 saturated carbocycles. The van der Waals surface area contributed by atoms with Crippen LogP contribution in [0.15, 0.2) is 41.5 Å². The van der Waals surface area contributed by atoms with Gasteiger partial charge in [0.15, 0.2) is 6.29 Å². The molecule has 9 nitrogen and oxygen atoms in total. The number of aliphatic hydroxyl groups excluding tert-OH is 2. The molecule has 0 aliphatic carbocycles. The molecule has 1 amide bonds. The van der Waals surface area contributed by atoms with E-state index in [1.165, 1.54) is 24.3 Å². The molecule has 1 atom stereocenters. The SMILES string of the molecule is C=C(NC)c1[nH]c(=O)c(C(=O)Nc2ccc(C(O)O)cc2CNCCO)cc1/C=C/P. The third-order valence-electron chi connectivity index (χ3n) is 4.48. The number of pyridine rings is 1. The Morgan fingerprint density at radius 3 is 2.68 bits per heavy atom. The Hall–Kier alpha value is -2.81. The van der Waals surface area contributed by atoms with Gasteiger partial charge in [-0.05, 0) is 23.8 Å². The lowest BCUT2D eigenvalue weighted by Gasteiger charge is -2.15. The Morgan fingerprint density at radius 1 is 1.32 bits per heavy atom. The first kappa shape index (κ1) is 24.5. The van der Waals surface area contributed by atoms with Crippen molar-refractivity contribution in [2.75, 3.05) is 25.5 Å². The monoisotopic (exact) mass is 446 g/mol. The second-order valence-electron chi connectivity index (χ2n) is 6.57. The number of H-pyrrole nitrogens is 1. The van der Waals surface area contributed by atoms with E-state index in [0.717, 1.165) is 0 Å². The zero-order chi connectivity index (χ0) is 23.0. The van der Waals surface area contributed by atoms with E-state index in [9.17, 15) is 19.8 Å². The van der Waals surface area contributed by atoms with Gasteiger partial charge in [0.2, 0.25) is 0 Å². The van der Waals surface area contributed by atoms with Crippen LogP contribution in [-0.2, 0) is 6.54 Å². The number of aromatic amines is 1. The summed E-state index contributed by atoms with van der Waals surface area (Å²) in [5.74, 6) is 1.08. The normalized spacial score (nSPS) is 11.2. The van der Waals surface area contributed by atoms with Gasteiger partial charge in [0.25, 0.3) is 11.5 Å². The van der Waals surface area contributed by atoms with Gasteiger partial charge in [0, 0.05) is 37.0 Å². The first-order valence-electron chi connectivity index (χ1n) is 9.46. The molecule has 0 aliphatic rings. The van der Waals surface area contributed by atoms with Crippen molar-refractivity contribution in [3.63, 3.8) is 0 Å². The number of nitrogens with one attached hydrogen (secondary N) is 4. The number of anilines is 1. The highest BCUT2D eigenvalue weighted by Crippen LogP contribution is 2.22. The molecule has 31 heavy (non-hydrogen) atoms. The van der Waals surface area contributed by atoms with Gasteiger partial charge in [-0.1, -0.05) is 24.5 Å². The van der Waals surface area contributed by atoms with E-state index in [-0.39, 0.29) is 24.3 Å². The summed E-state index contributed by atoms with van der Waals surface area (Å²) >= 11 is 0. The van der Waals surface area contributed by atoms with Crippen LogP contribution in [0.25, 0.3) is 11.8 Å². The molecule has 0 spiro atoms. The molecule has 1 heterocycles. The van der Waals surface area contributed by atoms with E-state index in [1.54, 1.807) is 18.9 Å². The molecular weight excluding hydrogens is 419 g/mol. The molecule has 0 radical (unpaired) electrons. The topological polar surface area (TPSA) is 147 Å². The molecule has 2 rings (SSSR count). The van der Waals surface area contributed by atoms with E-state index in [2.05, 4.69) is 36.8 Å². The molecule has 1 aromatic heterocycles. The number of aromatic nitrogens is 1. The predicted molar refractivity (Wildman–Crippen MR) is 124 cm³/mol. The summed E-state index contributed by atoms with van der Waals surface area (Å²) in [5, 5.41) is 36.3. The zero-order valence-electron chi connectivity index (χ0n) is 17.1. The van der Waals surface area contributed by atoms with Crippen molar-refractivity contribution in [3.05, 3.63) is 75.0 Å². The first-order valence-corrected chi connectivity index (χ1v) is 10.1. The molecule has 2 aromatic rings. The quantitative estimate of drug-likeness (QED) is 0.162. The van der Waals surface area contributed by atoms with Gasteiger partial charge < -0.3 is 36.3 Å². The Kier molecular flexibility index (Phi) is 9.11. The van der Waals surface area contributed by atoms with Crippen molar-refractivity contribution >= 4 is 32.6 Å². The number of amides is 1. The summed E-state index contributed by atoms with van der Waals surface area (Å²) in [7, 11) is 4.11. The Bertz CT molecular complexity index is 1030. The van der Waals surface area contributed by atoms with Gasteiger partial charge in [-0.25, -0.2) is 0 Å². The largest absolute Gasteiger partial charge is 0.395 e. The predicted octanol–water partition coefficient (Wildman–Crippen LogP) is 0.728. The number of carbonyl (C=O) groups excluding carboxylic acids is 1. The van der Waals surface area contributed by atoms with Crippen molar-refractivity contribution in [1.29, 1.82) is 0 Å². The fourth-order valence-electron chi connectivity index (χ4n) is 2.86. The molecule has 166 valence electrons. The Balaban J connectivity index is 2.41. The highest BCUT2D eigenvalue weighted by atomic mass is 31.0. The lowest BCUT2D eigenvalue weighted by Crippen LogP contribution is -2.26. The molecule has 0 fully saturated rings. The maximum atomic E-state index is 12.9. The molecule has 7 N–H and O–H groups in total. The van der Waals surface area contributed by atoms with Crippen molar-refractivity contribution in [2.45, 2.75) is 12.8 Å². The van der Waals surface area contributed by atoms with E-state index >= 15 is 0 Å². The molecule has 1 unspecified atom stereocenters.